The summed E-state index contributed by atoms with van der Waals surface area (Å²) in [5.74, 6) is 0.0878. The smallest absolute Gasteiger partial charge is 0.224 e. The van der Waals surface area contributed by atoms with Gasteiger partial charge in [0.15, 0.2) is 0 Å². The lowest BCUT2D eigenvalue weighted by Crippen LogP contribution is -2.40. The Hall–Kier alpha value is -0.810. The molecule has 1 heterocycles. The average molecular weight is 306 g/mol. The summed E-state index contributed by atoms with van der Waals surface area (Å²) >= 11 is 0. The van der Waals surface area contributed by atoms with Gasteiger partial charge < -0.3 is 16.0 Å². The molecular weight excluding hydrogens is 278 g/mol. The third-order valence-electron chi connectivity index (χ3n) is 3.78. The van der Waals surface area contributed by atoms with Crippen LogP contribution in [0.2, 0.25) is 0 Å². The van der Waals surface area contributed by atoms with E-state index in [4.69, 9.17) is 5.73 Å². The molecule has 0 spiro atoms. The number of amides is 2. The molecule has 2 amide bonds. The van der Waals surface area contributed by atoms with E-state index >= 15 is 0 Å². The number of rotatable bonds is 6. The molecule has 0 aromatic heterocycles. The number of hydrogen-bond donors (Lipinski definition) is 2. The third kappa shape index (κ3) is 6.57. The van der Waals surface area contributed by atoms with Crippen LogP contribution in [0.5, 0.6) is 0 Å². The van der Waals surface area contributed by atoms with Gasteiger partial charge in [-0.1, -0.05) is 13.3 Å². The molecule has 20 heavy (non-hydrogen) atoms. The second-order valence-electron chi connectivity index (χ2n) is 5.48. The van der Waals surface area contributed by atoms with Crippen molar-refractivity contribution in [3.05, 3.63) is 0 Å². The number of nitrogens with one attached hydrogen (secondary N) is 1. The van der Waals surface area contributed by atoms with Crippen LogP contribution in [-0.4, -0.2) is 42.4 Å². The molecule has 6 heteroatoms. The van der Waals surface area contributed by atoms with E-state index in [1.807, 2.05) is 18.7 Å². The van der Waals surface area contributed by atoms with Crippen molar-refractivity contribution in [2.45, 2.75) is 52.0 Å². The van der Waals surface area contributed by atoms with Crippen LogP contribution in [0.25, 0.3) is 0 Å². The topological polar surface area (TPSA) is 75.4 Å². The van der Waals surface area contributed by atoms with Gasteiger partial charge >= 0.3 is 0 Å². The molecule has 1 aliphatic heterocycles. The molecule has 0 aromatic rings. The Morgan fingerprint density at radius 3 is 2.70 bits per heavy atom. The van der Waals surface area contributed by atoms with Crippen LogP contribution < -0.4 is 11.1 Å². The number of halogens is 1. The molecule has 2 atom stereocenters. The first kappa shape index (κ1) is 19.2. The fourth-order valence-electron chi connectivity index (χ4n) is 2.16. The van der Waals surface area contributed by atoms with E-state index < -0.39 is 0 Å². The van der Waals surface area contributed by atoms with E-state index in [0.717, 1.165) is 38.8 Å². The quantitative estimate of drug-likeness (QED) is 0.726. The first-order chi connectivity index (χ1) is 9.02. The van der Waals surface area contributed by atoms with Crippen molar-refractivity contribution in [3.8, 4) is 0 Å². The molecule has 3 N–H and O–H groups in total. The van der Waals surface area contributed by atoms with Crippen molar-refractivity contribution >= 4 is 24.2 Å². The van der Waals surface area contributed by atoms with Gasteiger partial charge in [0.1, 0.15) is 0 Å². The zero-order valence-corrected chi connectivity index (χ0v) is 13.4. The largest absolute Gasteiger partial charge is 0.356 e. The van der Waals surface area contributed by atoms with Crippen molar-refractivity contribution in [1.82, 2.24) is 10.2 Å². The first-order valence-electron chi connectivity index (χ1n) is 7.33. The Morgan fingerprint density at radius 1 is 1.35 bits per heavy atom. The van der Waals surface area contributed by atoms with Gasteiger partial charge in [-0.25, -0.2) is 0 Å². The lowest BCUT2D eigenvalue weighted by atomic mass is 10.0. The zero-order chi connectivity index (χ0) is 14.3. The van der Waals surface area contributed by atoms with E-state index in [1.165, 1.54) is 0 Å². The fraction of sp³-hybridized carbons (Fsp3) is 0.857. The summed E-state index contributed by atoms with van der Waals surface area (Å²) in [6.45, 7) is 5.88. The van der Waals surface area contributed by atoms with Crippen LogP contribution in [0.4, 0.5) is 0 Å². The molecule has 0 aromatic carbocycles. The minimum atomic E-state index is -0.167. The number of nitrogens with two attached hydrogens (primary N) is 1. The standard InChI is InChI=1S/C14H27N3O2.ClH/c1-11(12(2)15)14(19)16-8-6-10-17-9-5-3-4-7-13(17)18;/h11-12H,3-10,15H2,1-2H3,(H,16,19);1H. The number of likely N-dealkylation sites (tertiary alicyclic amines) is 1. The molecule has 118 valence electrons. The maximum absolute atomic E-state index is 11.8. The van der Waals surface area contributed by atoms with Gasteiger partial charge in [0.2, 0.25) is 11.8 Å². The molecule has 1 fully saturated rings. The predicted octanol–water partition coefficient (Wildman–Crippen LogP) is 1.30. The maximum Gasteiger partial charge on any atom is 0.224 e. The Morgan fingerprint density at radius 2 is 2.05 bits per heavy atom. The Balaban J connectivity index is 0.00000361. The van der Waals surface area contributed by atoms with Crippen LogP contribution in [0, 0.1) is 5.92 Å². The highest BCUT2D eigenvalue weighted by Gasteiger charge is 2.18. The van der Waals surface area contributed by atoms with E-state index in [9.17, 15) is 9.59 Å². The highest BCUT2D eigenvalue weighted by atomic mass is 35.5. The number of hydrogen-bond acceptors (Lipinski definition) is 3. The molecule has 1 rings (SSSR count). The summed E-state index contributed by atoms with van der Waals surface area (Å²) in [6.07, 6.45) is 4.74. The first-order valence-corrected chi connectivity index (χ1v) is 7.33. The number of carbonyl (C=O) groups excluding carboxylic acids is 2. The summed E-state index contributed by atoms with van der Waals surface area (Å²) in [6, 6.07) is -0.132. The van der Waals surface area contributed by atoms with E-state index in [-0.39, 0.29) is 36.2 Å². The third-order valence-corrected chi connectivity index (χ3v) is 3.78. The van der Waals surface area contributed by atoms with Crippen molar-refractivity contribution in [3.63, 3.8) is 0 Å². The summed E-state index contributed by atoms with van der Waals surface area (Å²) < 4.78 is 0. The molecule has 0 saturated carbocycles. The Labute approximate surface area is 128 Å². The van der Waals surface area contributed by atoms with Crippen LogP contribution in [0.1, 0.15) is 46.0 Å². The molecule has 1 aliphatic rings. The Bertz CT molecular complexity index is 311. The van der Waals surface area contributed by atoms with Gasteiger partial charge in [0.25, 0.3) is 0 Å². The molecule has 5 nitrogen and oxygen atoms in total. The number of nitrogens with zero attached hydrogens (tertiary/aromatic N) is 1. The highest BCUT2D eigenvalue weighted by Crippen LogP contribution is 2.11. The molecule has 0 aliphatic carbocycles. The van der Waals surface area contributed by atoms with Gasteiger partial charge in [-0.15, -0.1) is 12.4 Å². The predicted molar refractivity (Wildman–Crippen MR) is 82.7 cm³/mol. The maximum atomic E-state index is 11.8. The zero-order valence-electron chi connectivity index (χ0n) is 12.6. The van der Waals surface area contributed by atoms with Gasteiger partial charge in [-0.3, -0.25) is 9.59 Å². The fourth-order valence-corrected chi connectivity index (χ4v) is 2.16. The van der Waals surface area contributed by atoms with Crippen molar-refractivity contribution in [2.24, 2.45) is 11.7 Å². The van der Waals surface area contributed by atoms with Gasteiger partial charge in [0.05, 0.1) is 0 Å². The van der Waals surface area contributed by atoms with Crippen LogP contribution in [-0.2, 0) is 9.59 Å². The monoisotopic (exact) mass is 305 g/mol. The summed E-state index contributed by atoms with van der Waals surface area (Å²) in [4.78, 5) is 25.4. The van der Waals surface area contributed by atoms with Crippen molar-refractivity contribution < 1.29 is 9.59 Å². The van der Waals surface area contributed by atoms with E-state index in [2.05, 4.69) is 5.32 Å². The number of carbonyl (C=O) groups is 2. The molecule has 1 saturated heterocycles. The second kappa shape index (κ2) is 10.00. The van der Waals surface area contributed by atoms with Gasteiger partial charge in [-0.2, -0.15) is 0 Å². The van der Waals surface area contributed by atoms with Crippen molar-refractivity contribution in [1.29, 1.82) is 0 Å². The molecule has 0 radical (unpaired) electrons. The van der Waals surface area contributed by atoms with Crippen molar-refractivity contribution in [2.75, 3.05) is 19.6 Å². The van der Waals surface area contributed by atoms with Gasteiger partial charge in [0, 0.05) is 38.0 Å². The lowest BCUT2D eigenvalue weighted by molar-refractivity contribution is -0.130. The highest BCUT2D eigenvalue weighted by molar-refractivity contribution is 5.85. The van der Waals surface area contributed by atoms with Crippen LogP contribution in [0.3, 0.4) is 0 Å². The average Bonchev–Trinajstić information content (AvgIpc) is 2.58. The minimum absolute atomic E-state index is 0. The van der Waals surface area contributed by atoms with E-state index in [0.29, 0.717) is 13.0 Å². The summed E-state index contributed by atoms with van der Waals surface area (Å²) in [7, 11) is 0. The Kier molecular flexibility index (Phi) is 9.59. The lowest BCUT2D eigenvalue weighted by Gasteiger charge is -2.21. The summed E-state index contributed by atoms with van der Waals surface area (Å²) in [5.41, 5.74) is 5.68. The molecule has 0 bridgehead atoms. The minimum Gasteiger partial charge on any atom is -0.356 e. The summed E-state index contributed by atoms with van der Waals surface area (Å²) in [5, 5.41) is 2.88. The van der Waals surface area contributed by atoms with E-state index in [1.54, 1.807) is 0 Å². The normalized spacial score (nSPS) is 18.8. The van der Waals surface area contributed by atoms with Crippen LogP contribution >= 0.6 is 12.4 Å². The second-order valence-corrected chi connectivity index (χ2v) is 5.48. The molecule has 2 unspecified atom stereocenters. The van der Waals surface area contributed by atoms with Crippen LogP contribution in [0.15, 0.2) is 0 Å². The SMILES string of the molecule is CC(N)C(C)C(=O)NCCCN1CCCCCC1=O.Cl. The molecular formula is C14H28ClN3O2. The van der Waals surface area contributed by atoms with Gasteiger partial charge in [-0.05, 0) is 26.2 Å².